The van der Waals surface area contributed by atoms with Crippen molar-refractivity contribution in [2.75, 3.05) is 6.54 Å². The normalized spacial score (nSPS) is 16.1. The molecule has 2 rings (SSSR count). The molecule has 0 aromatic heterocycles. The van der Waals surface area contributed by atoms with Crippen LogP contribution in [0.15, 0.2) is 41.0 Å². The number of aryl methyl sites for hydroxylation is 1. The molecule has 1 atom stereocenters. The van der Waals surface area contributed by atoms with E-state index in [9.17, 15) is 13.8 Å². The Bertz CT molecular complexity index is 673. The molecule has 1 aliphatic rings. The van der Waals surface area contributed by atoms with Crippen LogP contribution in [0.2, 0.25) is 0 Å². The fraction of sp³-hybridized carbons (Fsp3) is 0.375. The van der Waals surface area contributed by atoms with Crippen molar-refractivity contribution >= 4 is 23.1 Å². The maximum Gasteiger partial charge on any atom is 0.417 e. The Morgan fingerprint density at radius 2 is 1.83 bits per heavy atom. The van der Waals surface area contributed by atoms with Crippen LogP contribution >= 0.6 is 0 Å². The van der Waals surface area contributed by atoms with Gasteiger partial charge in [0.25, 0.3) is 5.91 Å². The second-order valence-corrected chi connectivity index (χ2v) is 7.25. The molecule has 0 aliphatic carbocycles. The van der Waals surface area contributed by atoms with Crippen LogP contribution < -0.4 is 0 Å². The summed E-state index contributed by atoms with van der Waals surface area (Å²) in [6.07, 6.45) is 0.397. The van der Waals surface area contributed by atoms with Gasteiger partial charge in [0.1, 0.15) is 11.4 Å². The molecule has 0 spiro atoms. The molecule has 6 nitrogen and oxygen atoms in total. The highest BCUT2D eigenvalue weighted by molar-refractivity contribution is 7.80. The molecule has 1 aromatic rings. The molecule has 0 saturated heterocycles. The number of hydrogen-bond acceptors (Lipinski definition) is 5. The van der Waals surface area contributed by atoms with E-state index in [4.69, 9.17) is 8.92 Å². The molecule has 1 aromatic carbocycles. The number of benzene rings is 1. The lowest BCUT2D eigenvalue weighted by Crippen LogP contribution is -2.38. The van der Waals surface area contributed by atoms with E-state index in [1.165, 1.54) is 0 Å². The third-order valence-electron chi connectivity index (χ3n) is 2.87. The lowest BCUT2D eigenvalue weighted by molar-refractivity contribution is -0.123. The summed E-state index contributed by atoms with van der Waals surface area (Å²) >= 11 is -1.74. The first kappa shape index (κ1) is 17.2. The minimum atomic E-state index is -1.74. The molecular weight excluding hydrogens is 318 g/mol. The third kappa shape index (κ3) is 4.66. The van der Waals surface area contributed by atoms with Crippen LogP contribution in [-0.4, -0.2) is 33.3 Å². The lowest BCUT2D eigenvalue weighted by atomic mass is 10.2. The number of carbonyl (C=O) groups is 2. The standard InChI is InChI=1S/C16H19NO5S/c1-11-5-7-13(8-6-11)23(20)22-12-9-14(18)17(10-12)15(19)21-16(2,3)4/h5-9H,10H2,1-4H3. The Morgan fingerprint density at radius 1 is 1.22 bits per heavy atom. The molecule has 124 valence electrons. The summed E-state index contributed by atoms with van der Waals surface area (Å²) < 4.78 is 22.6. The average molecular weight is 337 g/mol. The molecule has 1 aliphatic heterocycles. The summed E-state index contributed by atoms with van der Waals surface area (Å²) in [7, 11) is 0. The largest absolute Gasteiger partial charge is 0.443 e. The molecule has 2 amide bonds. The molecule has 0 N–H and O–H groups in total. The Hall–Kier alpha value is -2.15. The number of ether oxygens (including phenoxy) is 1. The summed E-state index contributed by atoms with van der Waals surface area (Å²) in [5, 5.41) is 0. The highest BCUT2D eigenvalue weighted by atomic mass is 32.2. The highest BCUT2D eigenvalue weighted by Gasteiger charge is 2.33. The van der Waals surface area contributed by atoms with Crippen molar-refractivity contribution in [3.8, 4) is 0 Å². The molecule has 0 saturated carbocycles. The lowest BCUT2D eigenvalue weighted by Gasteiger charge is -2.23. The summed E-state index contributed by atoms with van der Waals surface area (Å²) in [5.41, 5.74) is 0.336. The Kier molecular flexibility index (Phi) is 4.89. The van der Waals surface area contributed by atoms with Crippen LogP contribution in [0.5, 0.6) is 0 Å². The summed E-state index contributed by atoms with van der Waals surface area (Å²) in [6, 6.07) is 7.01. The number of amides is 2. The smallest absolute Gasteiger partial charge is 0.417 e. The van der Waals surface area contributed by atoms with E-state index >= 15 is 0 Å². The first-order valence-electron chi connectivity index (χ1n) is 7.07. The SMILES string of the molecule is Cc1ccc(S(=O)OC2=CC(=O)N(C(=O)OC(C)(C)C)C2)cc1. The zero-order valence-electron chi connectivity index (χ0n) is 13.5. The Morgan fingerprint density at radius 3 is 2.39 bits per heavy atom. The molecule has 1 heterocycles. The van der Waals surface area contributed by atoms with E-state index in [0.717, 1.165) is 16.5 Å². The van der Waals surface area contributed by atoms with Crippen LogP contribution in [0.4, 0.5) is 4.79 Å². The van der Waals surface area contributed by atoms with Gasteiger partial charge in [0.15, 0.2) is 0 Å². The van der Waals surface area contributed by atoms with Gasteiger partial charge < -0.3 is 8.92 Å². The van der Waals surface area contributed by atoms with Gasteiger partial charge in [-0.05, 0) is 39.8 Å². The highest BCUT2D eigenvalue weighted by Crippen LogP contribution is 2.20. The van der Waals surface area contributed by atoms with Gasteiger partial charge in [-0.25, -0.2) is 13.9 Å². The van der Waals surface area contributed by atoms with Crippen LogP contribution in [0.1, 0.15) is 26.3 Å². The maximum absolute atomic E-state index is 12.1. The number of carbonyl (C=O) groups excluding carboxylic acids is 2. The van der Waals surface area contributed by atoms with E-state index < -0.39 is 28.7 Å². The maximum atomic E-state index is 12.1. The minimum Gasteiger partial charge on any atom is -0.443 e. The van der Waals surface area contributed by atoms with Crippen molar-refractivity contribution < 1.29 is 22.7 Å². The van der Waals surface area contributed by atoms with Gasteiger partial charge >= 0.3 is 6.09 Å². The fourth-order valence-corrected chi connectivity index (χ4v) is 2.56. The monoisotopic (exact) mass is 337 g/mol. The quantitative estimate of drug-likeness (QED) is 0.848. The summed E-state index contributed by atoms with van der Waals surface area (Å²) in [4.78, 5) is 25.2. The summed E-state index contributed by atoms with van der Waals surface area (Å²) in [5.74, 6) is -0.380. The zero-order chi connectivity index (χ0) is 17.2. The molecule has 1 unspecified atom stereocenters. The van der Waals surface area contributed by atoms with Crippen LogP contribution in [0.3, 0.4) is 0 Å². The van der Waals surface area contributed by atoms with Crippen molar-refractivity contribution in [3.05, 3.63) is 41.7 Å². The first-order valence-corrected chi connectivity index (χ1v) is 8.15. The third-order valence-corrected chi connectivity index (χ3v) is 3.90. The number of hydrogen-bond donors (Lipinski definition) is 0. The van der Waals surface area contributed by atoms with E-state index in [2.05, 4.69) is 0 Å². The van der Waals surface area contributed by atoms with Gasteiger partial charge in [0.2, 0.25) is 11.1 Å². The van der Waals surface area contributed by atoms with Crippen molar-refractivity contribution in [1.82, 2.24) is 4.90 Å². The average Bonchev–Trinajstić information content (AvgIpc) is 2.78. The van der Waals surface area contributed by atoms with E-state index in [1.807, 2.05) is 19.1 Å². The van der Waals surface area contributed by atoms with Gasteiger partial charge in [-0.15, -0.1) is 0 Å². The molecule has 0 bridgehead atoms. The van der Waals surface area contributed by atoms with Crippen molar-refractivity contribution in [1.29, 1.82) is 0 Å². The van der Waals surface area contributed by atoms with Gasteiger partial charge in [0.05, 0.1) is 11.4 Å². The molecular formula is C16H19NO5S. The molecule has 7 heteroatoms. The van der Waals surface area contributed by atoms with Crippen molar-refractivity contribution in [2.24, 2.45) is 0 Å². The second kappa shape index (κ2) is 6.54. The fourth-order valence-electron chi connectivity index (χ4n) is 1.81. The molecule has 0 fully saturated rings. The molecule has 23 heavy (non-hydrogen) atoms. The second-order valence-electron chi connectivity index (χ2n) is 6.15. The van der Waals surface area contributed by atoms with Crippen molar-refractivity contribution in [3.63, 3.8) is 0 Å². The van der Waals surface area contributed by atoms with Crippen molar-refractivity contribution in [2.45, 2.75) is 38.2 Å². The minimum absolute atomic E-state index is 0.0919. The van der Waals surface area contributed by atoms with Gasteiger partial charge in [0, 0.05) is 6.08 Å². The first-order chi connectivity index (χ1) is 10.7. The summed E-state index contributed by atoms with van der Waals surface area (Å²) in [6.45, 7) is 6.96. The van der Waals surface area contributed by atoms with Gasteiger partial charge in [-0.2, -0.15) is 0 Å². The Balaban J connectivity index is 1.99. The predicted molar refractivity (Wildman–Crippen MR) is 84.7 cm³/mol. The van der Waals surface area contributed by atoms with Crippen LogP contribution in [0.25, 0.3) is 0 Å². The van der Waals surface area contributed by atoms with E-state index in [-0.39, 0.29) is 12.3 Å². The van der Waals surface area contributed by atoms with Crippen LogP contribution in [0, 0.1) is 6.92 Å². The predicted octanol–water partition coefficient (Wildman–Crippen LogP) is 2.70. The van der Waals surface area contributed by atoms with Gasteiger partial charge in [-0.3, -0.25) is 4.79 Å². The van der Waals surface area contributed by atoms with E-state index in [0.29, 0.717) is 4.90 Å². The van der Waals surface area contributed by atoms with E-state index in [1.54, 1.807) is 32.9 Å². The number of imide groups is 1. The zero-order valence-corrected chi connectivity index (χ0v) is 14.3. The topological polar surface area (TPSA) is 72.9 Å². The Labute approximate surface area is 137 Å². The van der Waals surface area contributed by atoms with Gasteiger partial charge in [-0.1, -0.05) is 17.7 Å². The number of rotatable bonds is 3. The number of nitrogens with zero attached hydrogens (tertiary/aromatic N) is 1. The molecule has 0 radical (unpaired) electrons. The van der Waals surface area contributed by atoms with Crippen LogP contribution in [-0.2, 0) is 24.8 Å².